The van der Waals surface area contributed by atoms with E-state index in [1.165, 1.54) is 6.07 Å². The van der Waals surface area contributed by atoms with Gasteiger partial charge in [-0.15, -0.1) is 0 Å². The maximum atomic E-state index is 9.09. The second-order valence-corrected chi connectivity index (χ2v) is 3.19. The minimum absolute atomic E-state index is 0.169. The van der Waals surface area contributed by atoms with E-state index in [1.807, 2.05) is 12.1 Å². The number of rotatable bonds is 3. The molecular formula is C13H11O3. The molecular weight excluding hydrogens is 204 g/mol. The maximum absolute atomic E-state index is 9.09. The summed E-state index contributed by atoms with van der Waals surface area (Å²) >= 11 is 0. The number of aromatic hydroxyl groups is 1. The fourth-order valence-electron chi connectivity index (χ4n) is 1.24. The van der Waals surface area contributed by atoms with Crippen LogP contribution in [0.4, 0.5) is 0 Å². The SMILES string of the molecule is COc1ccc(Oc2[c]cc(O)cc2)cc1. The molecule has 0 fully saturated rings. The molecule has 0 amide bonds. The van der Waals surface area contributed by atoms with E-state index in [-0.39, 0.29) is 5.75 Å². The first-order valence-electron chi connectivity index (χ1n) is 4.80. The van der Waals surface area contributed by atoms with Gasteiger partial charge < -0.3 is 14.6 Å². The Kier molecular flexibility index (Phi) is 2.96. The highest BCUT2D eigenvalue weighted by Gasteiger charge is 1.98. The van der Waals surface area contributed by atoms with Gasteiger partial charge in [0, 0.05) is 6.07 Å². The number of phenolic OH excluding ortho intramolecular Hbond substituents is 1. The van der Waals surface area contributed by atoms with Crippen LogP contribution in [0.15, 0.2) is 42.5 Å². The minimum atomic E-state index is 0.169. The third-order valence-corrected chi connectivity index (χ3v) is 2.06. The molecule has 3 nitrogen and oxygen atoms in total. The van der Waals surface area contributed by atoms with E-state index < -0.39 is 0 Å². The maximum Gasteiger partial charge on any atom is 0.135 e. The first kappa shape index (κ1) is 10.4. The molecule has 2 aromatic rings. The Balaban J connectivity index is 2.11. The lowest BCUT2D eigenvalue weighted by molar-refractivity contribution is 0.412. The normalized spacial score (nSPS) is 9.81. The molecule has 0 saturated heterocycles. The van der Waals surface area contributed by atoms with Crippen molar-refractivity contribution in [2.24, 2.45) is 0 Å². The zero-order chi connectivity index (χ0) is 11.4. The summed E-state index contributed by atoms with van der Waals surface area (Å²) in [5, 5.41) is 9.09. The molecule has 0 unspecified atom stereocenters. The molecule has 0 saturated carbocycles. The number of methoxy groups -OCH3 is 1. The van der Waals surface area contributed by atoms with Gasteiger partial charge in [-0.1, -0.05) is 0 Å². The van der Waals surface area contributed by atoms with E-state index in [4.69, 9.17) is 14.6 Å². The number of hydrogen-bond acceptors (Lipinski definition) is 3. The second-order valence-electron chi connectivity index (χ2n) is 3.19. The van der Waals surface area contributed by atoms with Crippen LogP contribution in [-0.4, -0.2) is 12.2 Å². The predicted molar refractivity (Wildman–Crippen MR) is 60.0 cm³/mol. The van der Waals surface area contributed by atoms with E-state index in [9.17, 15) is 0 Å². The molecule has 2 rings (SSSR count). The Hall–Kier alpha value is -2.16. The largest absolute Gasteiger partial charge is 0.508 e. The molecule has 2 aromatic carbocycles. The third kappa shape index (κ3) is 2.45. The zero-order valence-corrected chi connectivity index (χ0v) is 8.81. The fourth-order valence-corrected chi connectivity index (χ4v) is 1.24. The highest BCUT2D eigenvalue weighted by Crippen LogP contribution is 2.24. The monoisotopic (exact) mass is 215 g/mol. The van der Waals surface area contributed by atoms with Crippen LogP contribution < -0.4 is 9.47 Å². The van der Waals surface area contributed by atoms with Crippen LogP contribution >= 0.6 is 0 Å². The Morgan fingerprint density at radius 1 is 1.00 bits per heavy atom. The van der Waals surface area contributed by atoms with E-state index >= 15 is 0 Å². The van der Waals surface area contributed by atoms with Crippen LogP contribution in [0.5, 0.6) is 23.0 Å². The molecule has 0 atom stereocenters. The molecule has 0 spiro atoms. The van der Waals surface area contributed by atoms with Gasteiger partial charge in [0.25, 0.3) is 0 Å². The van der Waals surface area contributed by atoms with Crippen molar-refractivity contribution in [2.75, 3.05) is 7.11 Å². The molecule has 0 heterocycles. The summed E-state index contributed by atoms with van der Waals surface area (Å²) in [6.07, 6.45) is 0. The van der Waals surface area contributed by atoms with E-state index in [2.05, 4.69) is 6.07 Å². The van der Waals surface area contributed by atoms with Gasteiger partial charge in [-0.2, -0.15) is 0 Å². The summed E-state index contributed by atoms with van der Waals surface area (Å²) in [7, 11) is 1.61. The van der Waals surface area contributed by atoms with Crippen molar-refractivity contribution in [1.29, 1.82) is 0 Å². The zero-order valence-electron chi connectivity index (χ0n) is 8.81. The molecule has 1 radical (unpaired) electrons. The topological polar surface area (TPSA) is 38.7 Å². The van der Waals surface area contributed by atoms with Crippen molar-refractivity contribution < 1.29 is 14.6 Å². The Morgan fingerprint density at radius 3 is 2.25 bits per heavy atom. The summed E-state index contributed by atoms with van der Waals surface area (Å²) in [5.41, 5.74) is 0. The molecule has 16 heavy (non-hydrogen) atoms. The first-order chi connectivity index (χ1) is 7.78. The quantitative estimate of drug-likeness (QED) is 0.855. The molecule has 0 aliphatic carbocycles. The Bertz CT molecular complexity index is 446. The first-order valence-corrected chi connectivity index (χ1v) is 4.80. The second kappa shape index (κ2) is 4.57. The molecule has 0 bridgehead atoms. The predicted octanol–water partition coefficient (Wildman–Crippen LogP) is 2.99. The highest BCUT2D eigenvalue weighted by molar-refractivity contribution is 5.36. The van der Waals surface area contributed by atoms with Crippen molar-refractivity contribution in [1.82, 2.24) is 0 Å². The minimum Gasteiger partial charge on any atom is -0.508 e. The van der Waals surface area contributed by atoms with Crippen LogP contribution in [0.3, 0.4) is 0 Å². The van der Waals surface area contributed by atoms with Gasteiger partial charge in [0.2, 0.25) is 0 Å². The smallest absolute Gasteiger partial charge is 0.135 e. The number of ether oxygens (including phenoxy) is 2. The average Bonchev–Trinajstić information content (AvgIpc) is 2.33. The number of phenols is 1. The van der Waals surface area contributed by atoms with E-state index in [1.54, 1.807) is 31.4 Å². The van der Waals surface area contributed by atoms with Gasteiger partial charge in [0.15, 0.2) is 0 Å². The van der Waals surface area contributed by atoms with Crippen molar-refractivity contribution in [3.05, 3.63) is 48.5 Å². The van der Waals surface area contributed by atoms with Crippen LogP contribution in [0.1, 0.15) is 0 Å². The van der Waals surface area contributed by atoms with E-state index in [0.717, 1.165) is 5.75 Å². The fraction of sp³-hybridized carbons (Fsp3) is 0.0769. The molecule has 81 valence electrons. The molecule has 0 aliphatic heterocycles. The van der Waals surface area contributed by atoms with Crippen LogP contribution in [-0.2, 0) is 0 Å². The standard InChI is InChI=1S/C13H11O3/c1-15-11-6-8-13(9-7-11)16-12-4-2-10(14)3-5-12/h2-4,6-9,14H,1H3. The number of benzene rings is 2. The number of hydrogen-bond donors (Lipinski definition) is 1. The summed E-state index contributed by atoms with van der Waals surface area (Å²) in [5.74, 6) is 2.20. The van der Waals surface area contributed by atoms with Gasteiger partial charge in [0.05, 0.1) is 7.11 Å². The molecule has 0 aliphatic rings. The van der Waals surface area contributed by atoms with E-state index in [0.29, 0.717) is 11.5 Å². The lowest BCUT2D eigenvalue weighted by Gasteiger charge is -2.06. The van der Waals surface area contributed by atoms with Gasteiger partial charge in [-0.05, 0) is 42.5 Å². The van der Waals surface area contributed by atoms with Crippen LogP contribution in [0.2, 0.25) is 0 Å². The summed E-state index contributed by atoms with van der Waals surface area (Å²) in [4.78, 5) is 0. The third-order valence-electron chi connectivity index (χ3n) is 2.06. The molecule has 1 N–H and O–H groups in total. The molecule has 3 heteroatoms. The Morgan fingerprint density at radius 2 is 1.69 bits per heavy atom. The van der Waals surface area contributed by atoms with Crippen molar-refractivity contribution in [3.63, 3.8) is 0 Å². The average molecular weight is 215 g/mol. The summed E-state index contributed by atoms with van der Waals surface area (Å²) in [6.45, 7) is 0. The highest BCUT2D eigenvalue weighted by atomic mass is 16.5. The lowest BCUT2D eigenvalue weighted by Crippen LogP contribution is -1.85. The molecule has 0 aromatic heterocycles. The van der Waals surface area contributed by atoms with Gasteiger partial charge in [-0.25, -0.2) is 0 Å². The lowest BCUT2D eigenvalue weighted by atomic mass is 10.3. The van der Waals surface area contributed by atoms with Crippen molar-refractivity contribution >= 4 is 0 Å². The van der Waals surface area contributed by atoms with Gasteiger partial charge in [0.1, 0.15) is 23.0 Å². The summed E-state index contributed by atoms with van der Waals surface area (Å²) < 4.78 is 10.5. The van der Waals surface area contributed by atoms with Crippen molar-refractivity contribution in [2.45, 2.75) is 0 Å². The van der Waals surface area contributed by atoms with Crippen molar-refractivity contribution in [3.8, 4) is 23.0 Å². The van der Waals surface area contributed by atoms with Crippen LogP contribution in [0.25, 0.3) is 0 Å². The van der Waals surface area contributed by atoms with Gasteiger partial charge >= 0.3 is 0 Å². The van der Waals surface area contributed by atoms with Gasteiger partial charge in [-0.3, -0.25) is 0 Å². The Labute approximate surface area is 93.9 Å². The summed E-state index contributed by atoms with van der Waals surface area (Å²) in [6, 6.07) is 14.7. The van der Waals surface area contributed by atoms with Crippen LogP contribution in [0, 0.1) is 6.07 Å².